The van der Waals surface area contributed by atoms with E-state index >= 15 is 0 Å². The van der Waals surface area contributed by atoms with Crippen LogP contribution in [0.5, 0.6) is 0 Å². The molecule has 0 saturated carbocycles. The molecular weight excluding hydrogens is 394 g/mol. The molecule has 0 atom stereocenters. The van der Waals surface area contributed by atoms with Gasteiger partial charge in [-0.15, -0.1) is 11.3 Å². The molecule has 0 aliphatic rings. The third-order valence-corrected chi connectivity index (χ3v) is 5.37. The molecular formula is C24H19N3O2S. The van der Waals surface area contributed by atoms with Crippen LogP contribution in [0.25, 0.3) is 22.0 Å². The number of aromatic nitrogens is 2. The molecule has 0 spiro atoms. The SMILES string of the molecule is O=C(CCC(=O)c1ccccc1)Nc1cccc(-c2csc(-c3ccccn3)n2)c1. The second-order valence-corrected chi connectivity index (χ2v) is 7.53. The van der Waals surface area contributed by atoms with Gasteiger partial charge in [-0.3, -0.25) is 14.6 Å². The maximum atomic E-state index is 12.3. The third-order valence-electron chi connectivity index (χ3n) is 4.51. The number of benzene rings is 2. The second-order valence-electron chi connectivity index (χ2n) is 6.67. The molecule has 2 heterocycles. The number of amides is 1. The Hall–Kier alpha value is -3.64. The molecule has 0 bridgehead atoms. The van der Waals surface area contributed by atoms with Gasteiger partial charge in [0, 0.05) is 41.2 Å². The maximum absolute atomic E-state index is 12.3. The molecule has 0 aliphatic carbocycles. The minimum absolute atomic E-state index is 0.0379. The molecule has 2 aromatic heterocycles. The van der Waals surface area contributed by atoms with E-state index in [1.165, 1.54) is 11.3 Å². The molecule has 5 nitrogen and oxygen atoms in total. The number of Topliss-reactive ketones (excluding diaryl/α,β-unsaturated/α-hetero) is 1. The Morgan fingerprint density at radius 3 is 2.50 bits per heavy atom. The van der Waals surface area contributed by atoms with Crippen LogP contribution < -0.4 is 5.32 Å². The van der Waals surface area contributed by atoms with Crippen molar-refractivity contribution in [1.29, 1.82) is 0 Å². The van der Waals surface area contributed by atoms with E-state index in [1.807, 2.05) is 66.0 Å². The van der Waals surface area contributed by atoms with E-state index in [2.05, 4.69) is 15.3 Å². The predicted octanol–water partition coefficient (Wildman–Crippen LogP) is 5.47. The van der Waals surface area contributed by atoms with Crippen molar-refractivity contribution in [3.63, 3.8) is 0 Å². The van der Waals surface area contributed by atoms with Gasteiger partial charge in [-0.2, -0.15) is 0 Å². The molecule has 4 rings (SSSR count). The van der Waals surface area contributed by atoms with Gasteiger partial charge in [0.05, 0.1) is 11.4 Å². The molecule has 0 radical (unpaired) electrons. The lowest BCUT2D eigenvalue weighted by atomic mass is 10.1. The van der Waals surface area contributed by atoms with Crippen molar-refractivity contribution in [3.8, 4) is 22.0 Å². The van der Waals surface area contributed by atoms with Gasteiger partial charge in [-0.25, -0.2) is 4.98 Å². The van der Waals surface area contributed by atoms with E-state index in [9.17, 15) is 9.59 Å². The summed E-state index contributed by atoms with van der Waals surface area (Å²) >= 11 is 1.53. The van der Waals surface area contributed by atoms with Crippen LogP contribution in [0.3, 0.4) is 0 Å². The molecule has 1 N–H and O–H groups in total. The van der Waals surface area contributed by atoms with Gasteiger partial charge >= 0.3 is 0 Å². The first-order valence-corrected chi connectivity index (χ1v) is 10.4. The standard InChI is InChI=1S/C24H19N3O2S/c28-22(17-7-2-1-3-8-17)12-13-23(29)26-19-10-6-9-18(15-19)21-16-30-24(27-21)20-11-4-5-14-25-20/h1-11,14-16H,12-13H2,(H,26,29). The number of carbonyl (C=O) groups is 2. The van der Waals surface area contributed by atoms with Crippen molar-refractivity contribution < 1.29 is 9.59 Å². The van der Waals surface area contributed by atoms with Crippen LogP contribution in [0.1, 0.15) is 23.2 Å². The summed E-state index contributed by atoms with van der Waals surface area (Å²) in [6, 6.07) is 22.3. The fraction of sp³-hybridized carbons (Fsp3) is 0.0833. The summed E-state index contributed by atoms with van der Waals surface area (Å²) in [5, 5.41) is 5.69. The van der Waals surface area contributed by atoms with Crippen molar-refractivity contribution in [2.45, 2.75) is 12.8 Å². The zero-order valence-corrected chi connectivity index (χ0v) is 16.9. The van der Waals surface area contributed by atoms with Crippen molar-refractivity contribution >= 4 is 28.7 Å². The second kappa shape index (κ2) is 9.24. The van der Waals surface area contributed by atoms with Crippen LogP contribution in [-0.4, -0.2) is 21.7 Å². The Morgan fingerprint density at radius 2 is 1.70 bits per heavy atom. The van der Waals surface area contributed by atoms with E-state index in [4.69, 9.17) is 0 Å². The Kier molecular flexibility index (Phi) is 6.06. The van der Waals surface area contributed by atoms with Crippen LogP contribution in [0, 0.1) is 0 Å². The first-order chi connectivity index (χ1) is 14.7. The summed E-state index contributed by atoms with van der Waals surface area (Å²) in [6.07, 6.45) is 2.06. The van der Waals surface area contributed by atoms with Crippen molar-refractivity contribution in [2.75, 3.05) is 5.32 Å². The lowest BCUT2D eigenvalue weighted by Gasteiger charge is -2.07. The van der Waals surface area contributed by atoms with Crippen LogP contribution in [0.4, 0.5) is 5.69 Å². The van der Waals surface area contributed by atoms with Gasteiger partial charge in [0.25, 0.3) is 0 Å². The van der Waals surface area contributed by atoms with E-state index in [0.717, 1.165) is 22.0 Å². The van der Waals surface area contributed by atoms with Gasteiger partial charge in [0.1, 0.15) is 5.01 Å². The maximum Gasteiger partial charge on any atom is 0.224 e. The molecule has 6 heteroatoms. The number of hydrogen-bond donors (Lipinski definition) is 1. The monoisotopic (exact) mass is 413 g/mol. The number of hydrogen-bond acceptors (Lipinski definition) is 5. The summed E-state index contributed by atoms with van der Waals surface area (Å²) in [4.78, 5) is 33.5. The third kappa shape index (κ3) is 4.85. The number of carbonyl (C=O) groups excluding carboxylic acids is 2. The average Bonchev–Trinajstić information content (AvgIpc) is 3.29. The molecule has 0 fully saturated rings. The van der Waals surface area contributed by atoms with Gasteiger partial charge in [0.2, 0.25) is 5.91 Å². The molecule has 148 valence electrons. The Balaban J connectivity index is 1.39. The summed E-state index contributed by atoms with van der Waals surface area (Å²) in [6.45, 7) is 0. The summed E-state index contributed by atoms with van der Waals surface area (Å²) in [7, 11) is 0. The summed E-state index contributed by atoms with van der Waals surface area (Å²) < 4.78 is 0. The van der Waals surface area contributed by atoms with Gasteiger partial charge < -0.3 is 5.32 Å². The molecule has 4 aromatic rings. The minimum atomic E-state index is -0.191. The molecule has 30 heavy (non-hydrogen) atoms. The van der Waals surface area contributed by atoms with Crippen LogP contribution >= 0.6 is 11.3 Å². The topological polar surface area (TPSA) is 72.0 Å². The summed E-state index contributed by atoms with van der Waals surface area (Å²) in [5.41, 5.74) is 3.88. The van der Waals surface area contributed by atoms with Crippen molar-refractivity contribution in [1.82, 2.24) is 9.97 Å². The first-order valence-electron chi connectivity index (χ1n) is 9.54. The Labute approximate surface area is 178 Å². The number of thiazole rings is 1. The molecule has 0 aliphatic heterocycles. The van der Waals surface area contributed by atoms with E-state index in [-0.39, 0.29) is 24.5 Å². The quantitative estimate of drug-likeness (QED) is 0.408. The number of nitrogens with one attached hydrogen (secondary N) is 1. The first kappa shape index (κ1) is 19.7. The number of rotatable bonds is 7. The molecule has 0 saturated heterocycles. The largest absolute Gasteiger partial charge is 0.326 e. The number of pyridine rings is 1. The highest BCUT2D eigenvalue weighted by atomic mass is 32.1. The molecule has 0 unspecified atom stereocenters. The minimum Gasteiger partial charge on any atom is -0.326 e. The molecule has 2 aromatic carbocycles. The summed E-state index contributed by atoms with van der Waals surface area (Å²) in [5.74, 6) is -0.229. The van der Waals surface area contributed by atoms with Gasteiger partial charge in [-0.05, 0) is 24.3 Å². The highest BCUT2D eigenvalue weighted by molar-refractivity contribution is 7.13. The van der Waals surface area contributed by atoms with Crippen molar-refractivity contribution in [3.05, 3.63) is 89.9 Å². The fourth-order valence-electron chi connectivity index (χ4n) is 2.99. The van der Waals surface area contributed by atoms with Crippen LogP contribution in [-0.2, 0) is 4.79 Å². The van der Waals surface area contributed by atoms with E-state index in [0.29, 0.717) is 11.3 Å². The highest BCUT2D eigenvalue weighted by Crippen LogP contribution is 2.29. The average molecular weight is 414 g/mol. The predicted molar refractivity (Wildman–Crippen MR) is 119 cm³/mol. The smallest absolute Gasteiger partial charge is 0.224 e. The zero-order valence-electron chi connectivity index (χ0n) is 16.1. The fourth-order valence-corrected chi connectivity index (χ4v) is 3.79. The van der Waals surface area contributed by atoms with Crippen LogP contribution in [0.2, 0.25) is 0 Å². The number of anilines is 1. The van der Waals surface area contributed by atoms with E-state index < -0.39 is 0 Å². The Morgan fingerprint density at radius 1 is 0.867 bits per heavy atom. The van der Waals surface area contributed by atoms with E-state index in [1.54, 1.807) is 18.3 Å². The Bertz CT molecular complexity index is 1160. The number of nitrogens with zero attached hydrogens (tertiary/aromatic N) is 2. The zero-order chi connectivity index (χ0) is 20.8. The van der Waals surface area contributed by atoms with Gasteiger partial charge in [0.15, 0.2) is 5.78 Å². The lowest BCUT2D eigenvalue weighted by molar-refractivity contribution is -0.116. The van der Waals surface area contributed by atoms with Crippen molar-refractivity contribution in [2.24, 2.45) is 0 Å². The lowest BCUT2D eigenvalue weighted by Crippen LogP contribution is -2.13. The highest BCUT2D eigenvalue weighted by Gasteiger charge is 2.11. The van der Waals surface area contributed by atoms with Crippen LogP contribution in [0.15, 0.2) is 84.4 Å². The van der Waals surface area contributed by atoms with Gasteiger partial charge in [-0.1, -0.05) is 48.5 Å². The molecule has 1 amide bonds. The normalized spacial score (nSPS) is 10.5. The number of ketones is 1.